The third kappa shape index (κ3) is 2.12. The molecule has 5 heteroatoms. The second kappa shape index (κ2) is 5.06. The van der Waals surface area contributed by atoms with Crippen LogP contribution in [0.25, 0.3) is 36.8 Å². The van der Waals surface area contributed by atoms with Gasteiger partial charge in [0.2, 0.25) is 8.57 Å². The zero-order valence-electron chi connectivity index (χ0n) is 14.1. The molecule has 0 amide bonds. The summed E-state index contributed by atoms with van der Waals surface area (Å²) in [6.07, 6.45) is 0. The Morgan fingerprint density at radius 1 is 1.00 bits per heavy atom. The first-order chi connectivity index (χ1) is 12.0. The summed E-state index contributed by atoms with van der Waals surface area (Å²) in [6, 6.07) is 12.5. The van der Waals surface area contributed by atoms with E-state index in [1.807, 2.05) is 37.3 Å². The summed E-state index contributed by atoms with van der Waals surface area (Å²) in [4.78, 5) is 15.0. The fourth-order valence-corrected chi connectivity index (χ4v) is 7.60. The minimum Gasteiger partial charge on any atom is -0.422 e. The standard InChI is InChI=1S/C20H15NO2SSi/c1-10-6-13-18-14(7-10)21-25(17-5-4-12(3)24-17)16-9-11(2)8-15(19(16)18)23-20(13)22/h4-9H,1-3H3. The average molecular weight is 361 g/mol. The van der Waals surface area contributed by atoms with E-state index in [0.717, 1.165) is 27.4 Å². The Balaban J connectivity index is 2.11. The number of nitrogens with zero attached hydrogens (tertiary/aromatic N) is 1. The summed E-state index contributed by atoms with van der Waals surface area (Å²) in [5.41, 5.74) is 3.48. The van der Waals surface area contributed by atoms with Gasteiger partial charge in [0.15, 0.2) is 0 Å². The Morgan fingerprint density at radius 2 is 1.80 bits per heavy atom. The zero-order chi connectivity index (χ0) is 17.3. The van der Waals surface area contributed by atoms with E-state index in [1.54, 1.807) is 0 Å². The van der Waals surface area contributed by atoms with Crippen LogP contribution >= 0.6 is 11.3 Å². The third-order valence-electron chi connectivity index (χ3n) is 4.64. The fourth-order valence-electron chi connectivity index (χ4n) is 3.64. The summed E-state index contributed by atoms with van der Waals surface area (Å²) in [7, 11) is -1.28. The molecule has 122 valence electrons. The van der Waals surface area contributed by atoms with Crippen molar-refractivity contribution < 1.29 is 4.42 Å². The van der Waals surface area contributed by atoms with Crippen molar-refractivity contribution in [2.75, 3.05) is 0 Å². The maximum Gasteiger partial charge on any atom is 0.344 e. The van der Waals surface area contributed by atoms with Crippen molar-refractivity contribution in [2.24, 2.45) is 0 Å². The van der Waals surface area contributed by atoms with E-state index in [1.165, 1.54) is 14.4 Å². The number of benzene rings is 2. The van der Waals surface area contributed by atoms with Gasteiger partial charge >= 0.3 is 5.63 Å². The molecule has 2 aromatic carbocycles. The van der Waals surface area contributed by atoms with Crippen LogP contribution in [0.1, 0.15) is 16.0 Å². The van der Waals surface area contributed by atoms with Crippen LogP contribution in [-0.2, 0) is 0 Å². The lowest BCUT2D eigenvalue weighted by molar-refractivity contribution is 0.569. The molecule has 0 bridgehead atoms. The Hall–Kier alpha value is -2.37. The monoisotopic (exact) mass is 361 g/mol. The van der Waals surface area contributed by atoms with Crippen molar-refractivity contribution in [1.82, 2.24) is 4.64 Å². The molecule has 0 saturated heterocycles. The average Bonchev–Trinajstić information content (AvgIpc) is 2.98. The van der Waals surface area contributed by atoms with Crippen LogP contribution in [0.15, 0.2) is 45.6 Å². The van der Waals surface area contributed by atoms with Gasteiger partial charge in [-0.05, 0) is 67.2 Å². The second-order valence-electron chi connectivity index (χ2n) is 6.65. The van der Waals surface area contributed by atoms with Gasteiger partial charge in [0.25, 0.3) is 0 Å². The first kappa shape index (κ1) is 14.9. The number of hydrogen-bond donors (Lipinski definition) is 0. The molecular weight excluding hydrogens is 346 g/mol. The lowest BCUT2D eigenvalue weighted by atomic mass is 10.0. The van der Waals surface area contributed by atoms with Gasteiger partial charge in [-0.1, -0.05) is 6.07 Å². The lowest BCUT2D eigenvalue weighted by Crippen LogP contribution is -2.08. The highest BCUT2D eigenvalue weighted by Gasteiger charge is 2.20. The molecule has 5 aromatic rings. The van der Waals surface area contributed by atoms with Crippen molar-refractivity contribution >= 4 is 52.2 Å². The van der Waals surface area contributed by atoms with E-state index >= 15 is 0 Å². The van der Waals surface area contributed by atoms with Gasteiger partial charge in [-0.25, -0.2) is 4.79 Å². The highest BCUT2D eigenvalue weighted by molar-refractivity contribution is 7.21. The Kier molecular flexibility index (Phi) is 3.02. The largest absolute Gasteiger partial charge is 0.422 e. The van der Waals surface area contributed by atoms with E-state index in [0.29, 0.717) is 11.0 Å². The fraction of sp³-hybridized carbons (Fsp3) is 0.150. The van der Waals surface area contributed by atoms with E-state index in [-0.39, 0.29) is 5.63 Å². The predicted octanol–water partition coefficient (Wildman–Crippen LogP) is 4.93. The molecule has 0 aliphatic carbocycles. The van der Waals surface area contributed by atoms with Crippen LogP contribution < -0.4 is 5.63 Å². The molecule has 3 nitrogen and oxygen atoms in total. The quantitative estimate of drug-likeness (QED) is 0.241. The van der Waals surface area contributed by atoms with Crippen LogP contribution in [0.3, 0.4) is 0 Å². The molecule has 0 unspecified atom stereocenters. The number of thiophene rings is 1. The molecule has 0 aliphatic rings. The Morgan fingerprint density at radius 3 is 2.56 bits per heavy atom. The van der Waals surface area contributed by atoms with E-state index in [9.17, 15) is 4.79 Å². The topological polar surface area (TPSA) is 43.1 Å². The second-order valence-corrected chi connectivity index (χ2v) is 10.3. The molecule has 25 heavy (non-hydrogen) atoms. The number of rotatable bonds is 1. The molecule has 0 aliphatic heterocycles. The summed E-state index contributed by atoms with van der Waals surface area (Å²) >= 11 is 1.81. The first-order valence-corrected chi connectivity index (χ1v) is 10.5. The Labute approximate surface area is 149 Å². The van der Waals surface area contributed by atoms with E-state index in [4.69, 9.17) is 9.06 Å². The van der Waals surface area contributed by atoms with Crippen molar-refractivity contribution in [1.29, 1.82) is 0 Å². The Bertz CT molecular complexity index is 1350. The highest BCUT2D eigenvalue weighted by atomic mass is 32.1. The molecule has 0 spiro atoms. The third-order valence-corrected chi connectivity index (χ3v) is 8.34. The molecule has 3 aromatic heterocycles. The van der Waals surface area contributed by atoms with Crippen molar-refractivity contribution in [3.63, 3.8) is 0 Å². The molecule has 0 radical (unpaired) electrons. The normalized spacial score (nSPS) is 12.0. The smallest absolute Gasteiger partial charge is 0.344 e. The molecular formula is C20H15NO2SSi. The van der Waals surface area contributed by atoms with Gasteiger partial charge in [0.1, 0.15) is 5.58 Å². The maximum atomic E-state index is 12.5. The minimum absolute atomic E-state index is 0.276. The van der Waals surface area contributed by atoms with Crippen LogP contribution in [0.4, 0.5) is 0 Å². The van der Waals surface area contributed by atoms with Gasteiger partial charge < -0.3 is 4.42 Å². The molecule has 0 fully saturated rings. The van der Waals surface area contributed by atoms with E-state index < -0.39 is 8.57 Å². The maximum absolute atomic E-state index is 12.5. The van der Waals surface area contributed by atoms with E-state index in [2.05, 4.69) is 31.2 Å². The summed E-state index contributed by atoms with van der Waals surface area (Å²) < 4.78 is 12.2. The highest BCUT2D eigenvalue weighted by Crippen LogP contribution is 2.34. The van der Waals surface area contributed by atoms with Gasteiger partial charge in [-0.15, -0.1) is 11.3 Å². The van der Waals surface area contributed by atoms with Crippen molar-refractivity contribution in [3.8, 4) is 4.50 Å². The van der Waals surface area contributed by atoms with Gasteiger partial charge in [0.05, 0.1) is 10.9 Å². The molecule has 0 atom stereocenters. The molecule has 3 heterocycles. The van der Waals surface area contributed by atoms with Crippen LogP contribution in [0, 0.1) is 20.8 Å². The van der Waals surface area contributed by atoms with Crippen LogP contribution in [-0.4, -0.2) is 13.2 Å². The number of aromatic nitrogens is 1. The SMILES string of the molecule is Cc1cc2n[si](-c3ccc(C)s3)c3cc(C)cc4oc(=O)c(c1)c2c43. The van der Waals surface area contributed by atoms with Crippen LogP contribution in [0.2, 0.25) is 0 Å². The molecule has 5 rings (SSSR count). The summed E-state index contributed by atoms with van der Waals surface area (Å²) in [6.45, 7) is 6.18. The summed E-state index contributed by atoms with van der Waals surface area (Å²) in [5.74, 6) is 0. The zero-order valence-corrected chi connectivity index (χ0v) is 16.0. The minimum atomic E-state index is -1.28. The van der Waals surface area contributed by atoms with Crippen molar-refractivity contribution in [2.45, 2.75) is 20.8 Å². The van der Waals surface area contributed by atoms with Gasteiger partial charge in [0, 0.05) is 20.2 Å². The van der Waals surface area contributed by atoms with Gasteiger partial charge in [-0.2, -0.15) is 0 Å². The van der Waals surface area contributed by atoms with Crippen molar-refractivity contribution in [3.05, 3.63) is 62.8 Å². The van der Waals surface area contributed by atoms with Gasteiger partial charge in [-0.3, -0.25) is 4.64 Å². The molecule has 0 saturated carbocycles. The first-order valence-electron chi connectivity index (χ1n) is 8.19. The van der Waals surface area contributed by atoms with Crippen LogP contribution in [0.5, 0.6) is 0 Å². The summed E-state index contributed by atoms with van der Waals surface area (Å²) in [5, 5.41) is 2.67. The molecule has 0 N–H and O–H groups in total. The lowest BCUT2D eigenvalue weighted by Gasteiger charge is -2.13. The number of aryl methyl sites for hydroxylation is 3. The number of hydrogen-bond acceptors (Lipinski definition) is 4. The predicted molar refractivity (Wildman–Crippen MR) is 106 cm³/mol.